The number of benzene rings is 1. The number of rotatable bonds is 5. The second-order valence-electron chi connectivity index (χ2n) is 7.26. The molecule has 1 N–H and O–H groups in total. The molecule has 1 fully saturated rings. The van der Waals surface area contributed by atoms with E-state index >= 15 is 0 Å². The SMILES string of the molecule is Cc1cc(CN2CCN(C(C)C(=O)Nc3ccc4c(c3)OCCO4)CC2)no1. The molecule has 0 spiro atoms. The van der Waals surface area contributed by atoms with Gasteiger partial charge in [-0.3, -0.25) is 14.6 Å². The van der Waals surface area contributed by atoms with Crippen molar-refractivity contribution in [2.75, 3.05) is 44.7 Å². The summed E-state index contributed by atoms with van der Waals surface area (Å²) in [5, 5.41) is 7.05. The van der Waals surface area contributed by atoms with Crippen LogP contribution >= 0.6 is 0 Å². The Labute approximate surface area is 164 Å². The highest BCUT2D eigenvalue weighted by molar-refractivity contribution is 5.94. The van der Waals surface area contributed by atoms with Gasteiger partial charge in [-0.2, -0.15) is 0 Å². The number of carbonyl (C=O) groups is 1. The molecule has 2 aromatic rings. The van der Waals surface area contributed by atoms with Crippen LogP contribution in [-0.4, -0.2) is 66.3 Å². The van der Waals surface area contributed by atoms with E-state index in [1.165, 1.54) is 0 Å². The Morgan fingerprint density at radius 3 is 2.61 bits per heavy atom. The summed E-state index contributed by atoms with van der Waals surface area (Å²) in [6.45, 7) is 9.18. The van der Waals surface area contributed by atoms with Crippen molar-refractivity contribution in [3.05, 3.63) is 35.7 Å². The summed E-state index contributed by atoms with van der Waals surface area (Å²) in [4.78, 5) is 17.2. The molecule has 1 amide bonds. The number of piperazine rings is 1. The monoisotopic (exact) mass is 386 g/mol. The lowest BCUT2D eigenvalue weighted by molar-refractivity contribution is -0.121. The summed E-state index contributed by atoms with van der Waals surface area (Å²) in [7, 11) is 0. The van der Waals surface area contributed by atoms with Crippen molar-refractivity contribution in [2.45, 2.75) is 26.4 Å². The van der Waals surface area contributed by atoms with Crippen molar-refractivity contribution < 1.29 is 18.8 Å². The van der Waals surface area contributed by atoms with Crippen LogP contribution in [0.2, 0.25) is 0 Å². The lowest BCUT2D eigenvalue weighted by atomic mass is 10.2. The molecule has 0 saturated carbocycles. The smallest absolute Gasteiger partial charge is 0.241 e. The van der Waals surface area contributed by atoms with E-state index in [0.717, 1.165) is 55.6 Å². The standard InChI is InChI=1S/C20H26N4O4/c1-14-11-17(22-28-14)13-23-5-7-24(8-6-23)15(2)20(25)21-16-3-4-18-19(12-16)27-10-9-26-18/h3-4,11-12,15H,5-10,13H2,1-2H3,(H,21,25). The van der Waals surface area contributed by atoms with Gasteiger partial charge in [-0.15, -0.1) is 0 Å². The van der Waals surface area contributed by atoms with E-state index in [2.05, 4.69) is 20.3 Å². The lowest BCUT2D eigenvalue weighted by Gasteiger charge is -2.37. The minimum absolute atomic E-state index is 0.0164. The fourth-order valence-corrected chi connectivity index (χ4v) is 3.56. The Bertz CT molecular complexity index is 829. The number of ether oxygens (including phenoxy) is 2. The first-order chi connectivity index (χ1) is 13.6. The van der Waals surface area contributed by atoms with Crippen LogP contribution in [-0.2, 0) is 11.3 Å². The zero-order valence-electron chi connectivity index (χ0n) is 16.3. The van der Waals surface area contributed by atoms with Crippen molar-refractivity contribution in [3.8, 4) is 11.5 Å². The number of nitrogens with one attached hydrogen (secondary N) is 1. The van der Waals surface area contributed by atoms with Crippen molar-refractivity contribution >= 4 is 11.6 Å². The topological polar surface area (TPSA) is 80.1 Å². The third-order valence-electron chi connectivity index (χ3n) is 5.21. The van der Waals surface area contributed by atoms with Gasteiger partial charge in [-0.1, -0.05) is 5.16 Å². The molecular weight excluding hydrogens is 360 g/mol. The first-order valence-corrected chi connectivity index (χ1v) is 9.67. The summed E-state index contributed by atoms with van der Waals surface area (Å²) in [6, 6.07) is 7.26. The number of carbonyl (C=O) groups excluding carboxylic acids is 1. The van der Waals surface area contributed by atoms with E-state index in [0.29, 0.717) is 19.0 Å². The number of anilines is 1. The normalized spacial score (nSPS) is 18.6. The molecule has 1 aromatic heterocycles. The molecule has 150 valence electrons. The fourth-order valence-electron chi connectivity index (χ4n) is 3.56. The van der Waals surface area contributed by atoms with Gasteiger partial charge in [-0.25, -0.2) is 0 Å². The first kappa shape index (κ1) is 18.8. The molecule has 1 aromatic carbocycles. The molecule has 1 saturated heterocycles. The Hall–Kier alpha value is -2.58. The van der Waals surface area contributed by atoms with Crippen LogP contribution in [0.5, 0.6) is 11.5 Å². The van der Waals surface area contributed by atoms with Crippen LogP contribution < -0.4 is 14.8 Å². The second kappa shape index (κ2) is 8.20. The van der Waals surface area contributed by atoms with E-state index in [1.54, 1.807) is 0 Å². The van der Waals surface area contributed by atoms with Crippen LogP contribution in [0, 0.1) is 6.92 Å². The zero-order chi connectivity index (χ0) is 19.5. The maximum atomic E-state index is 12.7. The number of aromatic nitrogens is 1. The van der Waals surface area contributed by atoms with E-state index in [-0.39, 0.29) is 11.9 Å². The molecule has 2 aliphatic heterocycles. The molecule has 0 aliphatic carbocycles. The number of hydrogen-bond donors (Lipinski definition) is 1. The molecule has 28 heavy (non-hydrogen) atoms. The summed E-state index contributed by atoms with van der Waals surface area (Å²) < 4.78 is 16.2. The Balaban J connectivity index is 1.28. The molecular formula is C20H26N4O4. The third kappa shape index (κ3) is 4.28. The average Bonchev–Trinajstić information content (AvgIpc) is 3.12. The van der Waals surface area contributed by atoms with Gasteiger partial charge >= 0.3 is 0 Å². The quantitative estimate of drug-likeness (QED) is 0.841. The molecule has 0 bridgehead atoms. The van der Waals surface area contributed by atoms with Gasteiger partial charge in [0.15, 0.2) is 11.5 Å². The van der Waals surface area contributed by atoms with Crippen molar-refractivity contribution in [3.63, 3.8) is 0 Å². The molecule has 4 rings (SSSR count). The van der Waals surface area contributed by atoms with Crippen molar-refractivity contribution in [2.24, 2.45) is 0 Å². The van der Waals surface area contributed by atoms with E-state index in [1.807, 2.05) is 38.1 Å². The molecule has 0 radical (unpaired) electrons. The number of nitrogens with zero attached hydrogens (tertiary/aromatic N) is 3. The molecule has 1 unspecified atom stereocenters. The molecule has 1 atom stereocenters. The highest BCUT2D eigenvalue weighted by atomic mass is 16.6. The number of fused-ring (bicyclic) bond motifs is 1. The maximum absolute atomic E-state index is 12.7. The fraction of sp³-hybridized carbons (Fsp3) is 0.500. The summed E-state index contributed by atoms with van der Waals surface area (Å²) in [6.07, 6.45) is 0. The van der Waals surface area contributed by atoms with Gasteiger partial charge in [0.05, 0.1) is 11.7 Å². The molecule has 8 heteroatoms. The highest BCUT2D eigenvalue weighted by Crippen LogP contribution is 2.32. The average molecular weight is 386 g/mol. The highest BCUT2D eigenvalue weighted by Gasteiger charge is 2.26. The molecule has 8 nitrogen and oxygen atoms in total. The number of amides is 1. The first-order valence-electron chi connectivity index (χ1n) is 9.67. The second-order valence-corrected chi connectivity index (χ2v) is 7.26. The molecule has 3 heterocycles. The van der Waals surface area contributed by atoms with Gasteiger partial charge in [0.1, 0.15) is 19.0 Å². The van der Waals surface area contributed by atoms with E-state index in [4.69, 9.17) is 14.0 Å². The zero-order valence-corrected chi connectivity index (χ0v) is 16.3. The Kier molecular flexibility index (Phi) is 5.50. The van der Waals surface area contributed by atoms with Crippen LogP contribution in [0.1, 0.15) is 18.4 Å². The molecule has 2 aliphatic rings. The van der Waals surface area contributed by atoms with Crippen LogP contribution in [0.15, 0.2) is 28.8 Å². The van der Waals surface area contributed by atoms with E-state index < -0.39 is 0 Å². The lowest BCUT2D eigenvalue weighted by Crippen LogP contribution is -2.52. The van der Waals surface area contributed by atoms with E-state index in [9.17, 15) is 4.79 Å². The van der Waals surface area contributed by atoms with Gasteiger partial charge < -0.3 is 19.3 Å². The van der Waals surface area contributed by atoms with Gasteiger partial charge in [-0.05, 0) is 26.0 Å². The van der Waals surface area contributed by atoms with Crippen LogP contribution in [0.4, 0.5) is 5.69 Å². The van der Waals surface area contributed by atoms with Gasteiger partial charge in [0.25, 0.3) is 0 Å². The summed E-state index contributed by atoms with van der Waals surface area (Å²) >= 11 is 0. The number of hydrogen-bond acceptors (Lipinski definition) is 7. The Morgan fingerprint density at radius 1 is 1.14 bits per heavy atom. The van der Waals surface area contributed by atoms with Crippen molar-refractivity contribution in [1.29, 1.82) is 0 Å². The summed E-state index contributed by atoms with van der Waals surface area (Å²) in [5.41, 5.74) is 1.68. The van der Waals surface area contributed by atoms with Crippen molar-refractivity contribution in [1.82, 2.24) is 15.0 Å². The number of aryl methyl sites for hydroxylation is 1. The predicted octanol–water partition coefficient (Wildman–Crippen LogP) is 1.90. The largest absolute Gasteiger partial charge is 0.486 e. The minimum atomic E-state index is -0.204. The van der Waals surface area contributed by atoms with Crippen LogP contribution in [0.25, 0.3) is 0 Å². The summed E-state index contributed by atoms with van der Waals surface area (Å²) in [5.74, 6) is 2.21. The third-order valence-corrected chi connectivity index (χ3v) is 5.21. The van der Waals surface area contributed by atoms with Crippen LogP contribution in [0.3, 0.4) is 0 Å². The van der Waals surface area contributed by atoms with Gasteiger partial charge in [0.2, 0.25) is 5.91 Å². The maximum Gasteiger partial charge on any atom is 0.241 e. The minimum Gasteiger partial charge on any atom is -0.486 e. The predicted molar refractivity (Wildman–Crippen MR) is 104 cm³/mol. The van der Waals surface area contributed by atoms with Gasteiger partial charge in [0, 0.05) is 50.5 Å². The Morgan fingerprint density at radius 2 is 1.89 bits per heavy atom.